The van der Waals surface area contributed by atoms with Crippen molar-refractivity contribution in [1.82, 2.24) is 9.78 Å². The van der Waals surface area contributed by atoms with Gasteiger partial charge in [0.2, 0.25) is 0 Å². The van der Waals surface area contributed by atoms with Crippen molar-refractivity contribution in [3.8, 4) is 0 Å². The van der Waals surface area contributed by atoms with Gasteiger partial charge in [-0.25, -0.2) is 8.42 Å². The lowest BCUT2D eigenvalue weighted by molar-refractivity contribution is 0.173. The van der Waals surface area contributed by atoms with E-state index in [-0.39, 0.29) is 11.3 Å². The van der Waals surface area contributed by atoms with Gasteiger partial charge >= 0.3 is 0 Å². The molecular formula is C13H22N2O3S. The molecule has 1 aromatic rings. The van der Waals surface area contributed by atoms with Crippen molar-refractivity contribution >= 4 is 9.84 Å². The molecule has 5 nitrogen and oxygen atoms in total. The highest BCUT2D eigenvalue weighted by molar-refractivity contribution is 7.91. The monoisotopic (exact) mass is 286 g/mol. The number of nitrogens with zero attached hydrogens (tertiary/aromatic N) is 2. The largest absolute Gasteiger partial charge is 0.388 e. The first-order valence-electron chi connectivity index (χ1n) is 6.82. The molecule has 1 N–H and O–H groups in total. The van der Waals surface area contributed by atoms with Crippen molar-refractivity contribution < 1.29 is 13.5 Å². The van der Waals surface area contributed by atoms with Crippen LogP contribution in [0.4, 0.5) is 0 Å². The number of rotatable bonds is 4. The molecule has 1 aliphatic carbocycles. The van der Waals surface area contributed by atoms with E-state index in [4.69, 9.17) is 0 Å². The Balaban J connectivity index is 2.11. The van der Waals surface area contributed by atoms with Crippen molar-refractivity contribution in [3.05, 3.63) is 18.0 Å². The minimum Gasteiger partial charge on any atom is -0.388 e. The Morgan fingerprint density at radius 1 is 1.53 bits per heavy atom. The van der Waals surface area contributed by atoms with Gasteiger partial charge in [-0.05, 0) is 25.7 Å². The number of aromatic nitrogens is 2. The molecule has 19 heavy (non-hydrogen) atoms. The number of hydrogen-bond acceptors (Lipinski definition) is 4. The van der Waals surface area contributed by atoms with Gasteiger partial charge < -0.3 is 5.11 Å². The highest BCUT2D eigenvalue weighted by atomic mass is 32.2. The maximum absolute atomic E-state index is 11.7. The van der Waals surface area contributed by atoms with Crippen LogP contribution < -0.4 is 0 Å². The molecule has 0 radical (unpaired) electrons. The zero-order chi connectivity index (χ0) is 14.0. The topological polar surface area (TPSA) is 72.2 Å². The molecular weight excluding hydrogens is 264 g/mol. The normalized spacial score (nSPS) is 26.3. The van der Waals surface area contributed by atoms with E-state index < -0.39 is 15.9 Å². The summed E-state index contributed by atoms with van der Waals surface area (Å²) in [6, 6.07) is 0.131. The van der Waals surface area contributed by atoms with Crippen molar-refractivity contribution in [2.45, 2.75) is 56.4 Å². The molecule has 3 unspecified atom stereocenters. The maximum Gasteiger partial charge on any atom is 0.150 e. The minimum atomic E-state index is -2.97. The molecule has 1 aromatic heterocycles. The summed E-state index contributed by atoms with van der Waals surface area (Å²) in [6.07, 6.45) is 8.26. The van der Waals surface area contributed by atoms with E-state index >= 15 is 0 Å². The van der Waals surface area contributed by atoms with Crippen molar-refractivity contribution in [2.75, 3.05) is 6.26 Å². The Bertz CT molecular complexity index is 524. The van der Waals surface area contributed by atoms with E-state index in [1.54, 1.807) is 6.20 Å². The summed E-state index contributed by atoms with van der Waals surface area (Å²) in [5.41, 5.74) is 0.809. The molecule has 3 atom stereocenters. The molecule has 0 bridgehead atoms. The zero-order valence-electron chi connectivity index (χ0n) is 11.5. The van der Waals surface area contributed by atoms with Crippen molar-refractivity contribution in [2.24, 2.45) is 0 Å². The highest BCUT2D eigenvalue weighted by Gasteiger charge is 2.30. The summed E-state index contributed by atoms with van der Waals surface area (Å²) in [4.78, 5) is 0. The molecule has 1 fully saturated rings. The molecule has 6 heteroatoms. The second-order valence-corrected chi connectivity index (χ2v) is 7.78. The van der Waals surface area contributed by atoms with Crippen LogP contribution in [0.2, 0.25) is 0 Å². The molecule has 0 spiro atoms. The van der Waals surface area contributed by atoms with Crippen LogP contribution in [0.1, 0.15) is 56.7 Å². The lowest BCUT2D eigenvalue weighted by Crippen LogP contribution is -2.29. The van der Waals surface area contributed by atoms with Gasteiger partial charge in [0.05, 0.1) is 23.6 Å². The predicted molar refractivity (Wildman–Crippen MR) is 73.6 cm³/mol. The van der Waals surface area contributed by atoms with Gasteiger partial charge in [0, 0.05) is 18.0 Å². The van der Waals surface area contributed by atoms with Crippen LogP contribution >= 0.6 is 0 Å². The Labute approximate surface area is 114 Å². The van der Waals surface area contributed by atoms with Gasteiger partial charge in [0.15, 0.2) is 0 Å². The van der Waals surface area contributed by atoms with E-state index in [1.807, 2.05) is 17.8 Å². The number of aliphatic hydroxyl groups is 1. The first-order valence-corrected chi connectivity index (χ1v) is 8.78. The van der Waals surface area contributed by atoms with Gasteiger partial charge in [-0.1, -0.05) is 13.3 Å². The van der Waals surface area contributed by atoms with Crippen LogP contribution in [0, 0.1) is 0 Å². The molecule has 2 rings (SSSR count). The van der Waals surface area contributed by atoms with E-state index in [2.05, 4.69) is 5.10 Å². The zero-order valence-corrected chi connectivity index (χ0v) is 12.3. The molecule has 0 saturated heterocycles. The number of sulfone groups is 1. The quantitative estimate of drug-likeness (QED) is 0.917. The number of hydrogen-bond donors (Lipinski definition) is 1. The molecule has 108 valence electrons. The SMILES string of the molecule is CCC(O)c1cnn(C2CCCC(S(C)(=O)=O)C2)c1. The highest BCUT2D eigenvalue weighted by Crippen LogP contribution is 2.32. The third-order valence-corrected chi connectivity index (χ3v) is 5.61. The van der Waals surface area contributed by atoms with Crippen molar-refractivity contribution in [1.29, 1.82) is 0 Å². The predicted octanol–water partition coefficient (Wildman–Crippen LogP) is 1.85. The van der Waals surface area contributed by atoms with Gasteiger partial charge in [-0.3, -0.25) is 4.68 Å². The van der Waals surface area contributed by atoms with Crippen LogP contribution in [0.15, 0.2) is 12.4 Å². The Morgan fingerprint density at radius 2 is 2.26 bits per heavy atom. The molecule has 1 heterocycles. The summed E-state index contributed by atoms with van der Waals surface area (Å²) in [7, 11) is -2.97. The summed E-state index contributed by atoms with van der Waals surface area (Å²) in [6.45, 7) is 1.92. The van der Waals surface area contributed by atoms with Crippen LogP contribution in [-0.4, -0.2) is 34.8 Å². The molecule has 0 aromatic carbocycles. The third-order valence-electron chi connectivity index (χ3n) is 3.97. The molecule has 1 saturated carbocycles. The van der Waals surface area contributed by atoms with E-state index in [9.17, 15) is 13.5 Å². The Hall–Kier alpha value is -0.880. The summed E-state index contributed by atoms with van der Waals surface area (Å²) in [5, 5.41) is 13.8. The average Bonchev–Trinajstić information content (AvgIpc) is 2.86. The second kappa shape index (κ2) is 5.63. The standard InChI is InChI=1S/C13H22N2O3S/c1-3-13(16)10-8-14-15(9-10)11-5-4-6-12(7-11)19(2,17)18/h8-9,11-13,16H,3-7H2,1-2H3. The molecule has 0 amide bonds. The first kappa shape index (κ1) is 14.5. The van der Waals surface area contributed by atoms with Gasteiger partial charge in [0.25, 0.3) is 0 Å². The number of aliphatic hydroxyl groups excluding tert-OH is 1. The van der Waals surface area contributed by atoms with Crippen LogP contribution in [0.5, 0.6) is 0 Å². The summed E-state index contributed by atoms with van der Waals surface area (Å²) < 4.78 is 25.1. The Kier molecular flexibility index (Phi) is 4.30. The second-order valence-electron chi connectivity index (χ2n) is 5.45. The van der Waals surface area contributed by atoms with Gasteiger partial charge in [-0.2, -0.15) is 5.10 Å². The lowest BCUT2D eigenvalue weighted by Gasteiger charge is -2.28. The summed E-state index contributed by atoms with van der Waals surface area (Å²) in [5.74, 6) is 0. The smallest absolute Gasteiger partial charge is 0.150 e. The van der Waals surface area contributed by atoms with E-state index in [0.717, 1.165) is 24.8 Å². The van der Waals surface area contributed by atoms with E-state index in [1.165, 1.54) is 6.26 Å². The third kappa shape index (κ3) is 3.36. The minimum absolute atomic E-state index is 0.131. The van der Waals surface area contributed by atoms with Gasteiger partial charge in [0.1, 0.15) is 9.84 Å². The van der Waals surface area contributed by atoms with Crippen LogP contribution in [0.3, 0.4) is 0 Å². The van der Waals surface area contributed by atoms with Crippen LogP contribution in [0.25, 0.3) is 0 Å². The average molecular weight is 286 g/mol. The maximum atomic E-state index is 11.7. The van der Waals surface area contributed by atoms with E-state index in [0.29, 0.717) is 12.8 Å². The fourth-order valence-electron chi connectivity index (χ4n) is 2.71. The van der Waals surface area contributed by atoms with Gasteiger partial charge in [-0.15, -0.1) is 0 Å². The fourth-order valence-corrected chi connectivity index (χ4v) is 3.88. The fraction of sp³-hybridized carbons (Fsp3) is 0.769. The summed E-state index contributed by atoms with van der Waals surface area (Å²) >= 11 is 0. The Morgan fingerprint density at radius 3 is 2.89 bits per heavy atom. The first-order chi connectivity index (χ1) is 8.91. The molecule has 0 aliphatic heterocycles. The molecule has 1 aliphatic rings. The van der Waals surface area contributed by atoms with Crippen LogP contribution in [-0.2, 0) is 9.84 Å². The van der Waals surface area contributed by atoms with Crippen molar-refractivity contribution in [3.63, 3.8) is 0 Å². The lowest BCUT2D eigenvalue weighted by atomic mass is 9.95.